The van der Waals surface area contributed by atoms with E-state index in [1.165, 1.54) is 16.7 Å². The van der Waals surface area contributed by atoms with Crippen molar-refractivity contribution < 1.29 is 14.3 Å². The summed E-state index contributed by atoms with van der Waals surface area (Å²) in [5.41, 5.74) is 3.72. The second-order valence-corrected chi connectivity index (χ2v) is 7.27. The van der Waals surface area contributed by atoms with Crippen LogP contribution in [-0.2, 0) is 17.8 Å². The normalized spacial score (nSPS) is 17.5. The van der Waals surface area contributed by atoms with Crippen LogP contribution in [0.15, 0.2) is 42.5 Å². The van der Waals surface area contributed by atoms with Gasteiger partial charge in [-0.1, -0.05) is 37.3 Å². The average Bonchev–Trinajstić information content (AvgIpc) is 2.72. The lowest BCUT2D eigenvalue weighted by molar-refractivity contribution is -0.121. The minimum absolute atomic E-state index is 0.0201. The Hall–Kier alpha value is -2.53. The first-order chi connectivity index (χ1) is 13.6. The first kappa shape index (κ1) is 20.2. The Bertz CT molecular complexity index is 807. The molecule has 0 unspecified atom stereocenters. The van der Waals surface area contributed by atoms with Crippen LogP contribution in [0.3, 0.4) is 0 Å². The quantitative estimate of drug-likeness (QED) is 0.793. The highest BCUT2D eigenvalue weighted by atomic mass is 16.5. The van der Waals surface area contributed by atoms with Gasteiger partial charge >= 0.3 is 0 Å². The minimum atomic E-state index is -0.0201. The van der Waals surface area contributed by atoms with Gasteiger partial charge in [0.25, 0.3) is 0 Å². The van der Waals surface area contributed by atoms with Gasteiger partial charge in [0.1, 0.15) is 0 Å². The van der Waals surface area contributed by atoms with E-state index in [1.807, 2.05) is 13.0 Å². The Balaban J connectivity index is 1.99. The first-order valence-electron chi connectivity index (χ1n) is 9.89. The number of hydrogen-bond acceptors (Lipinski definition) is 4. The van der Waals surface area contributed by atoms with Crippen molar-refractivity contribution in [3.05, 3.63) is 59.2 Å². The summed E-state index contributed by atoms with van der Waals surface area (Å²) < 4.78 is 11.0. The molecule has 0 fully saturated rings. The number of rotatable bonds is 7. The van der Waals surface area contributed by atoms with E-state index in [9.17, 15) is 4.79 Å². The van der Waals surface area contributed by atoms with Crippen molar-refractivity contribution in [2.24, 2.45) is 0 Å². The molecule has 5 nitrogen and oxygen atoms in total. The van der Waals surface area contributed by atoms with Gasteiger partial charge in [0.15, 0.2) is 11.5 Å². The van der Waals surface area contributed by atoms with Gasteiger partial charge < -0.3 is 14.8 Å². The lowest BCUT2D eigenvalue weighted by atomic mass is 9.87. The Kier molecular flexibility index (Phi) is 6.57. The smallest absolute Gasteiger partial charge is 0.219 e. The van der Waals surface area contributed by atoms with E-state index in [-0.39, 0.29) is 18.0 Å². The van der Waals surface area contributed by atoms with Gasteiger partial charge in [-0.15, -0.1) is 0 Å². The molecule has 150 valence electrons. The molecule has 2 aromatic rings. The Morgan fingerprint density at radius 3 is 2.50 bits per heavy atom. The van der Waals surface area contributed by atoms with Crippen molar-refractivity contribution in [3.63, 3.8) is 0 Å². The summed E-state index contributed by atoms with van der Waals surface area (Å²) in [4.78, 5) is 14.5. The maximum atomic E-state index is 12.1. The maximum Gasteiger partial charge on any atom is 0.219 e. The van der Waals surface area contributed by atoms with Crippen LogP contribution in [0, 0.1) is 0 Å². The van der Waals surface area contributed by atoms with Crippen LogP contribution in [0.1, 0.15) is 43.0 Å². The Morgan fingerprint density at radius 2 is 1.86 bits per heavy atom. The van der Waals surface area contributed by atoms with E-state index in [0.717, 1.165) is 31.0 Å². The molecule has 3 rings (SSSR count). The molecule has 28 heavy (non-hydrogen) atoms. The highest BCUT2D eigenvalue weighted by Gasteiger charge is 2.33. The molecule has 1 heterocycles. The van der Waals surface area contributed by atoms with Crippen LogP contribution in [0.2, 0.25) is 0 Å². The maximum absolute atomic E-state index is 12.1. The molecule has 2 aromatic carbocycles. The number of carbonyl (C=O) groups excluding carboxylic acids is 1. The van der Waals surface area contributed by atoms with Crippen LogP contribution >= 0.6 is 0 Å². The molecule has 0 saturated heterocycles. The summed E-state index contributed by atoms with van der Waals surface area (Å²) >= 11 is 0. The second-order valence-electron chi connectivity index (χ2n) is 7.27. The molecule has 0 saturated carbocycles. The number of amides is 1. The number of nitrogens with zero attached hydrogens (tertiary/aromatic N) is 1. The average molecular weight is 383 g/mol. The van der Waals surface area contributed by atoms with Gasteiger partial charge in [-0.25, -0.2) is 0 Å². The monoisotopic (exact) mass is 382 g/mol. The number of methoxy groups -OCH3 is 2. The molecule has 1 aliphatic heterocycles. The fraction of sp³-hybridized carbons (Fsp3) is 0.435. The summed E-state index contributed by atoms with van der Waals surface area (Å²) in [6.07, 6.45) is 1.42. The lowest BCUT2D eigenvalue weighted by Gasteiger charge is -2.41. The number of nitrogens with one attached hydrogen (secondary N) is 1. The van der Waals surface area contributed by atoms with E-state index in [2.05, 4.69) is 53.5 Å². The van der Waals surface area contributed by atoms with Crippen molar-refractivity contribution in [2.75, 3.05) is 20.8 Å². The zero-order valence-corrected chi connectivity index (χ0v) is 17.2. The van der Waals surface area contributed by atoms with E-state index in [4.69, 9.17) is 9.47 Å². The van der Waals surface area contributed by atoms with E-state index in [0.29, 0.717) is 6.42 Å². The molecule has 0 spiro atoms. The molecular formula is C23H30N2O3. The van der Waals surface area contributed by atoms with Gasteiger partial charge in [-0.2, -0.15) is 0 Å². The second kappa shape index (κ2) is 9.11. The Morgan fingerprint density at radius 1 is 1.18 bits per heavy atom. The predicted molar refractivity (Wildman–Crippen MR) is 111 cm³/mol. The third-order valence-corrected chi connectivity index (χ3v) is 5.44. The lowest BCUT2D eigenvalue weighted by Crippen LogP contribution is -2.47. The van der Waals surface area contributed by atoms with Crippen LogP contribution in [0.4, 0.5) is 0 Å². The van der Waals surface area contributed by atoms with Crippen molar-refractivity contribution in [1.82, 2.24) is 10.2 Å². The molecule has 0 radical (unpaired) electrons. The van der Waals surface area contributed by atoms with Gasteiger partial charge in [-0.05, 0) is 42.2 Å². The summed E-state index contributed by atoms with van der Waals surface area (Å²) in [5.74, 6) is 1.54. The standard InChI is InChI=1S/C23H30N2O3/c1-5-22(26)24-16(2)23-19-14-21(28-4)20(27-3)13-18(19)11-12-25(23)15-17-9-7-6-8-10-17/h6-10,13-14,16,23H,5,11-12,15H2,1-4H3,(H,24,26)/t16-,23+/m0/s1. The molecule has 1 aliphatic rings. The number of benzene rings is 2. The van der Waals surface area contributed by atoms with E-state index < -0.39 is 0 Å². The predicted octanol–water partition coefficient (Wildman–Crippen LogP) is 3.72. The summed E-state index contributed by atoms with van der Waals surface area (Å²) in [6.45, 7) is 5.73. The molecular weight excluding hydrogens is 352 g/mol. The van der Waals surface area contributed by atoms with Crippen LogP contribution in [-0.4, -0.2) is 37.6 Å². The Labute approximate surface area is 167 Å². The summed E-state index contributed by atoms with van der Waals surface area (Å²) in [5, 5.41) is 3.17. The van der Waals surface area contributed by atoms with Crippen LogP contribution in [0.25, 0.3) is 0 Å². The van der Waals surface area contributed by atoms with Gasteiger partial charge in [0.05, 0.1) is 20.3 Å². The number of fused-ring (bicyclic) bond motifs is 1. The topological polar surface area (TPSA) is 50.8 Å². The highest BCUT2D eigenvalue weighted by Crippen LogP contribution is 2.40. The third kappa shape index (κ3) is 4.30. The van der Waals surface area contributed by atoms with E-state index in [1.54, 1.807) is 14.2 Å². The minimum Gasteiger partial charge on any atom is -0.493 e. The molecule has 2 atom stereocenters. The van der Waals surface area contributed by atoms with Crippen molar-refractivity contribution in [3.8, 4) is 11.5 Å². The fourth-order valence-electron chi connectivity index (χ4n) is 4.04. The first-order valence-corrected chi connectivity index (χ1v) is 9.89. The molecule has 5 heteroatoms. The van der Waals surface area contributed by atoms with Crippen LogP contribution in [0.5, 0.6) is 11.5 Å². The summed E-state index contributed by atoms with van der Waals surface area (Å²) in [6, 6.07) is 14.7. The molecule has 1 N–H and O–H groups in total. The van der Waals surface area contributed by atoms with Crippen molar-refractivity contribution >= 4 is 5.91 Å². The summed E-state index contributed by atoms with van der Waals surface area (Å²) in [7, 11) is 3.32. The van der Waals surface area contributed by atoms with Gasteiger partial charge in [0.2, 0.25) is 5.91 Å². The highest BCUT2D eigenvalue weighted by molar-refractivity contribution is 5.76. The largest absolute Gasteiger partial charge is 0.493 e. The van der Waals surface area contributed by atoms with Crippen molar-refractivity contribution in [2.45, 2.75) is 45.3 Å². The van der Waals surface area contributed by atoms with E-state index >= 15 is 0 Å². The zero-order chi connectivity index (χ0) is 20.1. The van der Waals surface area contributed by atoms with Crippen molar-refractivity contribution in [1.29, 1.82) is 0 Å². The van der Waals surface area contributed by atoms with Gasteiger partial charge in [-0.3, -0.25) is 9.69 Å². The molecule has 0 aromatic heterocycles. The SMILES string of the molecule is CCC(=O)N[C@@H](C)[C@@H]1c2cc(OC)c(OC)cc2CCN1Cc1ccccc1. The molecule has 1 amide bonds. The van der Waals surface area contributed by atoms with Crippen LogP contribution < -0.4 is 14.8 Å². The molecule has 0 bridgehead atoms. The third-order valence-electron chi connectivity index (χ3n) is 5.44. The zero-order valence-electron chi connectivity index (χ0n) is 17.2. The number of hydrogen-bond donors (Lipinski definition) is 1. The molecule has 0 aliphatic carbocycles. The number of ether oxygens (including phenoxy) is 2. The van der Waals surface area contributed by atoms with Gasteiger partial charge in [0, 0.05) is 25.6 Å². The fourth-order valence-corrected chi connectivity index (χ4v) is 4.04. The number of carbonyl (C=O) groups is 1.